The molecule has 0 saturated carbocycles. The average Bonchev–Trinajstić information content (AvgIpc) is 3.12. The maximum Gasteiger partial charge on any atom is 0.407 e. The Morgan fingerprint density at radius 2 is 1.54 bits per heavy atom. The summed E-state index contributed by atoms with van der Waals surface area (Å²) in [6.07, 6.45) is 1.74. The number of alkyl carbamates (subject to hydrolysis) is 1. The lowest BCUT2D eigenvalue weighted by Crippen LogP contribution is -2.50. The molecule has 1 unspecified atom stereocenters. The number of hydrogen-bond donors (Lipinski definition) is 3. The van der Waals surface area contributed by atoms with E-state index in [0.717, 1.165) is 35.1 Å². The number of ether oxygens (including phenoxy) is 1. The summed E-state index contributed by atoms with van der Waals surface area (Å²) in [6.45, 7) is 7.50. The zero-order valence-corrected chi connectivity index (χ0v) is 21.0. The number of carboxylic acids is 1. The number of carboxylic acid groups (broad SMARTS) is 1. The van der Waals surface area contributed by atoms with E-state index in [-0.39, 0.29) is 18.9 Å². The van der Waals surface area contributed by atoms with E-state index in [1.165, 1.54) is 0 Å². The van der Waals surface area contributed by atoms with Gasteiger partial charge in [0, 0.05) is 18.4 Å². The molecule has 0 fully saturated rings. The molecule has 3 N–H and O–H groups in total. The first-order chi connectivity index (χ1) is 16.6. The van der Waals surface area contributed by atoms with E-state index in [9.17, 15) is 19.5 Å². The minimum absolute atomic E-state index is 0.00987. The summed E-state index contributed by atoms with van der Waals surface area (Å²) in [7, 11) is 0. The standard InChI is InChI=1S/C28H36N2O5/c1-5-6-11-18(16-24(31)30-25(26(32)33)28(2,3)4)29-27(34)35-17-23-21-14-9-7-12-19(21)20-13-8-10-15-22(20)23/h7-10,12-15,18,23,25H,5-6,11,16-17H2,1-4H3,(H,29,34)(H,30,31)(H,32,33)/t18?,25-/m0/s1. The molecule has 1 aliphatic rings. The third-order valence-corrected chi connectivity index (χ3v) is 6.42. The molecule has 2 aromatic rings. The number of rotatable bonds is 10. The number of benzene rings is 2. The smallest absolute Gasteiger partial charge is 0.407 e. The van der Waals surface area contributed by atoms with Crippen LogP contribution in [0, 0.1) is 5.41 Å². The second-order valence-corrected chi connectivity index (χ2v) is 10.2. The van der Waals surface area contributed by atoms with Crippen molar-refractivity contribution in [2.24, 2.45) is 5.41 Å². The molecular weight excluding hydrogens is 444 g/mol. The van der Waals surface area contributed by atoms with Crippen LogP contribution in [0.3, 0.4) is 0 Å². The Morgan fingerprint density at radius 3 is 2.06 bits per heavy atom. The van der Waals surface area contributed by atoms with Gasteiger partial charge in [-0.25, -0.2) is 9.59 Å². The second kappa shape index (κ2) is 11.4. The van der Waals surface area contributed by atoms with Gasteiger partial charge in [-0.2, -0.15) is 0 Å². The van der Waals surface area contributed by atoms with Crippen LogP contribution in [0.25, 0.3) is 11.1 Å². The van der Waals surface area contributed by atoms with Crippen LogP contribution in [0.4, 0.5) is 4.79 Å². The molecular formula is C28H36N2O5. The molecule has 3 rings (SSSR count). The van der Waals surface area contributed by atoms with Gasteiger partial charge in [-0.1, -0.05) is 89.1 Å². The number of nitrogens with one attached hydrogen (secondary N) is 2. The molecule has 1 aliphatic carbocycles. The van der Waals surface area contributed by atoms with Crippen LogP contribution in [-0.4, -0.2) is 41.8 Å². The summed E-state index contributed by atoms with van der Waals surface area (Å²) in [5.41, 5.74) is 3.93. The predicted molar refractivity (Wildman–Crippen MR) is 135 cm³/mol. The Balaban J connectivity index is 1.62. The van der Waals surface area contributed by atoms with Crippen LogP contribution >= 0.6 is 0 Å². The molecule has 0 aliphatic heterocycles. The van der Waals surface area contributed by atoms with E-state index in [1.807, 2.05) is 31.2 Å². The van der Waals surface area contributed by atoms with Crippen molar-refractivity contribution in [1.82, 2.24) is 10.6 Å². The maximum absolute atomic E-state index is 12.7. The molecule has 0 heterocycles. The van der Waals surface area contributed by atoms with Crippen molar-refractivity contribution >= 4 is 18.0 Å². The van der Waals surface area contributed by atoms with E-state index in [4.69, 9.17) is 4.74 Å². The van der Waals surface area contributed by atoms with Crippen LogP contribution < -0.4 is 10.6 Å². The van der Waals surface area contributed by atoms with Gasteiger partial charge < -0.3 is 20.5 Å². The van der Waals surface area contributed by atoms with Gasteiger partial charge in [0.15, 0.2) is 0 Å². The molecule has 7 heteroatoms. The lowest BCUT2D eigenvalue weighted by Gasteiger charge is -2.28. The first-order valence-corrected chi connectivity index (χ1v) is 12.3. The average molecular weight is 481 g/mol. The molecule has 188 valence electrons. The Kier molecular flexibility index (Phi) is 8.54. The predicted octanol–water partition coefficient (Wildman–Crippen LogP) is 5.09. The molecule has 0 spiro atoms. The van der Waals surface area contributed by atoms with Crippen LogP contribution in [-0.2, 0) is 14.3 Å². The molecule has 2 atom stereocenters. The summed E-state index contributed by atoms with van der Waals surface area (Å²) >= 11 is 0. The van der Waals surface area contributed by atoms with Crippen LogP contribution in [0.15, 0.2) is 48.5 Å². The van der Waals surface area contributed by atoms with Crippen molar-refractivity contribution in [3.05, 3.63) is 59.7 Å². The fraction of sp³-hybridized carbons (Fsp3) is 0.464. The zero-order valence-electron chi connectivity index (χ0n) is 21.0. The number of aliphatic carboxylic acids is 1. The van der Waals surface area contributed by atoms with Crippen LogP contribution in [0.2, 0.25) is 0 Å². The number of fused-ring (bicyclic) bond motifs is 3. The van der Waals surface area contributed by atoms with E-state index in [0.29, 0.717) is 6.42 Å². The van der Waals surface area contributed by atoms with Gasteiger partial charge >= 0.3 is 12.1 Å². The van der Waals surface area contributed by atoms with E-state index < -0.39 is 35.5 Å². The third-order valence-electron chi connectivity index (χ3n) is 6.42. The first-order valence-electron chi connectivity index (χ1n) is 12.3. The highest BCUT2D eigenvalue weighted by atomic mass is 16.5. The second-order valence-electron chi connectivity index (χ2n) is 10.2. The van der Waals surface area contributed by atoms with E-state index in [2.05, 4.69) is 34.9 Å². The lowest BCUT2D eigenvalue weighted by molar-refractivity contribution is -0.145. The molecule has 0 radical (unpaired) electrons. The number of carbonyl (C=O) groups is 3. The minimum Gasteiger partial charge on any atom is -0.480 e. The SMILES string of the molecule is CCCCC(CC(=O)N[C@@H](C(=O)O)C(C)(C)C)NC(=O)OCC1c2ccccc2-c2ccccc21. The first kappa shape index (κ1) is 26.3. The van der Waals surface area contributed by atoms with Gasteiger partial charge in [0.05, 0.1) is 0 Å². The minimum atomic E-state index is -1.08. The van der Waals surface area contributed by atoms with Gasteiger partial charge in [-0.15, -0.1) is 0 Å². The van der Waals surface area contributed by atoms with Crippen molar-refractivity contribution < 1.29 is 24.2 Å². The van der Waals surface area contributed by atoms with Crippen LogP contribution in [0.5, 0.6) is 0 Å². The third kappa shape index (κ3) is 6.62. The monoisotopic (exact) mass is 480 g/mol. The fourth-order valence-electron chi connectivity index (χ4n) is 4.57. The number of unbranched alkanes of at least 4 members (excludes halogenated alkanes) is 1. The topological polar surface area (TPSA) is 105 Å². The summed E-state index contributed by atoms with van der Waals surface area (Å²) in [5, 5.41) is 14.9. The van der Waals surface area contributed by atoms with Gasteiger partial charge in [0.2, 0.25) is 5.91 Å². The van der Waals surface area contributed by atoms with Crippen molar-refractivity contribution in [2.75, 3.05) is 6.61 Å². The summed E-state index contributed by atoms with van der Waals surface area (Å²) in [5.74, 6) is -1.54. The molecule has 7 nitrogen and oxygen atoms in total. The largest absolute Gasteiger partial charge is 0.480 e. The molecule has 0 bridgehead atoms. The van der Waals surface area contributed by atoms with Gasteiger partial charge in [0.25, 0.3) is 0 Å². The highest BCUT2D eigenvalue weighted by Gasteiger charge is 2.33. The zero-order chi connectivity index (χ0) is 25.6. The van der Waals surface area contributed by atoms with Crippen molar-refractivity contribution in [3.63, 3.8) is 0 Å². The molecule has 35 heavy (non-hydrogen) atoms. The van der Waals surface area contributed by atoms with Gasteiger partial charge in [-0.3, -0.25) is 4.79 Å². The maximum atomic E-state index is 12.7. The molecule has 0 saturated heterocycles. The van der Waals surface area contributed by atoms with E-state index in [1.54, 1.807) is 20.8 Å². The number of amides is 2. The quantitative estimate of drug-likeness (QED) is 0.439. The van der Waals surface area contributed by atoms with Gasteiger partial charge in [-0.05, 0) is 34.1 Å². The van der Waals surface area contributed by atoms with Gasteiger partial charge in [0.1, 0.15) is 12.6 Å². The Labute approximate surface area is 207 Å². The highest BCUT2D eigenvalue weighted by Crippen LogP contribution is 2.44. The Morgan fingerprint density at radius 1 is 0.971 bits per heavy atom. The summed E-state index contributed by atoms with van der Waals surface area (Å²) in [6, 6.07) is 14.8. The number of carbonyl (C=O) groups excluding carboxylic acids is 2. The van der Waals surface area contributed by atoms with Crippen molar-refractivity contribution in [3.8, 4) is 11.1 Å². The van der Waals surface area contributed by atoms with E-state index >= 15 is 0 Å². The lowest BCUT2D eigenvalue weighted by atomic mass is 9.86. The Hall–Kier alpha value is -3.35. The van der Waals surface area contributed by atoms with Crippen molar-refractivity contribution in [1.29, 1.82) is 0 Å². The molecule has 2 aromatic carbocycles. The van der Waals surface area contributed by atoms with Crippen LogP contribution in [0.1, 0.15) is 70.4 Å². The fourth-order valence-corrected chi connectivity index (χ4v) is 4.57. The Bertz CT molecular complexity index is 1010. The normalized spacial score (nSPS) is 14.4. The summed E-state index contributed by atoms with van der Waals surface area (Å²) in [4.78, 5) is 36.9. The number of hydrogen-bond acceptors (Lipinski definition) is 4. The van der Waals surface area contributed by atoms with Crippen molar-refractivity contribution in [2.45, 2.75) is 71.4 Å². The highest BCUT2D eigenvalue weighted by molar-refractivity contribution is 5.85. The molecule has 0 aromatic heterocycles. The molecule has 2 amide bonds. The summed E-state index contributed by atoms with van der Waals surface area (Å²) < 4.78 is 5.63.